The first-order chi connectivity index (χ1) is 13.9. The first-order valence-corrected chi connectivity index (χ1v) is 11.7. The molecule has 0 saturated carbocycles. The van der Waals surface area contributed by atoms with Crippen molar-refractivity contribution in [2.45, 2.75) is 78.2 Å². The van der Waals surface area contributed by atoms with E-state index in [0.29, 0.717) is 12.0 Å². The molecule has 0 heterocycles. The van der Waals surface area contributed by atoms with E-state index in [1.807, 2.05) is 0 Å². The van der Waals surface area contributed by atoms with Crippen LogP contribution in [0.15, 0.2) is 0 Å². The second kappa shape index (κ2) is 19.2. The number of nitrogens with one attached hydrogen (secondary N) is 4. The summed E-state index contributed by atoms with van der Waals surface area (Å²) in [5.74, 6) is -0.0192. The Kier molecular flexibility index (Phi) is 18.8. The minimum atomic E-state index is -0.385. The topological polar surface area (TPSA) is 117 Å². The Balaban J connectivity index is 3.36. The second-order valence-corrected chi connectivity index (χ2v) is 9.16. The summed E-state index contributed by atoms with van der Waals surface area (Å²) in [5, 5.41) is 13.2. The Labute approximate surface area is 179 Å². The van der Waals surface area contributed by atoms with E-state index in [1.165, 1.54) is 12.8 Å². The maximum atomic E-state index is 12.0. The van der Waals surface area contributed by atoms with Crippen LogP contribution >= 0.6 is 0 Å². The summed E-state index contributed by atoms with van der Waals surface area (Å²) < 4.78 is 0. The lowest BCUT2D eigenvalue weighted by Gasteiger charge is -2.18. The molecular formula is C22H50N6O. The summed E-state index contributed by atoms with van der Waals surface area (Å²) in [6, 6.07) is -0.385. The van der Waals surface area contributed by atoms with Crippen molar-refractivity contribution in [3.8, 4) is 0 Å². The number of amides is 1. The summed E-state index contributed by atoms with van der Waals surface area (Å²) in [6.07, 6.45) is 8.30. The van der Waals surface area contributed by atoms with Crippen molar-refractivity contribution >= 4 is 5.91 Å². The van der Waals surface area contributed by atoms with Gasteiger partial charge in [0.05, 0.1) is 6.04 Å². The standard InChI is InChI=1S/C22H50N6O/c1-22(2,3)11-19-27-13-5-4-10-20(24)21(29)28-18-9-17-26-15-7-6-14-25-16-8-12-23/h20,25-27H,4-19,23-24H2,1-3H3,(H,28,29)/t20-/m0/s1. The van der Waals surface area contributed by atoms with Gasteiger partial charge in [-0.25, -0.2) is 0 Å². The number of unbranched alkanes of at least 4 members (excludes halogenated alkanes) is 2. The molecular weight excluding hydrogens is 364 g/mol. The minimum absolute atomic E-state index is 0.0192. The van der Waals surface area contributed by atoms with Crippen LogP contribution in [0.1, 0.15) is 72.1 Å². The van der Waals surface area contributed by atoms with Gasteiger partial charge in [0.25, 0.3) is 0 Å². The highest BCUT2D eigenvalue weighted by atomic mass is 16.2. The molecule has 1 atom stereocenters. The Bertz CT molecular complexity index is 373. The van der Waals surface area contributed by atoms with Crippen LogP contribution in [0.25, 0.3) is 0 Å². The molecule has 0 spiro atoms. The Morgan fingerprint density at radius 1 is 0.759 bits per heavy atom. The summed E-state index contributed by atoms with van der Waals surface area (Å²) in [5.41, 5.74) is 11.8. The number of carbonyl (C=O) groups is 1. The lowest BCUT2D eigenvalue weighted by Crippen LogP contribution is -2.41. The first-order valence-electron chi connectivity index (χ1n) is 11.7. The van der Waals surface area contributed by atoms with Gasteiger partial charge in [-0.2, -0.15) is 0 Å². The van der Waals surface area contributed by atoms with Gasteiger partial charge in [-0.05, 0) is 96.2 Å². The van der Waals surface area contributed by atoms with Gasteiger partial charge in [0.2, 0.25) is 5.91 Å². The molecule has 0 aromatic heterocycles. The van der Waals surface area contributed by atoms with Gasteiger partial charge in [-0.15, -0.1) is 0 Å². The zero-order valence-electron chi connectivity index (χ0n) is 19.5. The first kappa shape index (κ1) is 28.3. The molecule has 0 aromatic rings. The van der Waals surface area contributed by atoms with Gasteiger partial charge < -0.3 is 32.7 Å². The highest BCUT2D eigenvalue weighted by molar-refractivity contribution is 5.81. The summed E-state index contributed by atoms with van der Waals surface area (Å²) >= 11 is 0. The molecule has 0 rings (SSSR count). The third-order valence-corrected chi connectivity index (χ3v) is 4.85. The second-order valence-electron chi connectivity index (χ2n) is 9.16. The molecule has 29 heavy (non-hydrogen) atoms. The maximum Gasteiger partial charge on any atom is 0.236 e. The van der Waals surface area contributed by atoms with E-state index in [1.54, 1.807) is 0 Å². The number of carbonyl (C=O) groups excluding carboxylic acids is 1. The predicted octanol–water partition coefficient (Wildman–Crippen LogP) is 1.32. The van der Waals surface area contributed by atoms with Crippen LogP contribution in [0.2, 0.25) is 0 Å². The monoisotopic (exact) mass is 414 g/mol. The Morgan fingerprint density at radius 3 is 1.86 bits per heavy atom. The SMILES string of the molecule is CC(C)(C)CCNCCCC[C@H](N)C(=O)NCCCNCCCCNCCCN. The summed E-state index contributed by atoms with van der Waals surface area (Å²) in [4.78, 5) is 12.0. The largest absolute Gasteiger partial charge is 0.355 e. The maximum absolute atomic E-state index is 12.0. The normalized spacial score (nSPS) is 12.9. The average Bonchev–Trinajstić information content (AvgIpc) is 2.66. The van der Waals surface area contributed by atoms with Crippen LogP contribution in [-0.4, -0.2) is 64.3 Å². The van der Waals surface area contributed by atoms with E-state index in [-0.39, 0.29) is 11.9 Å². The molecule has 0 radical (unpaired) electrons. The van der Waals surface area contributed by atoms with E-state index in [4.69, 9.17) is 11.5 Å². The lowest BCUT2D eigenvalue weighted by atomic mass is 9.92. The molecule has 8 N–H and O–H groups in total. The van der Waals surface area contributed by atoms with Crippen molar-refractivity contribution in [1.82, 2.24) is 21.3 Å². The third kappa shape index (κ3) is 21.8. The minimum Gasteiger partial charge on any atom is -0.355 e. The van der Waals surface area contributed by atoms with Crippen molar-refractivity contribution in [3.63, 3.8) is 0 Å². The quantitative estimate of drug-likeness (QED) is 0.167. The van der Waals surface area contributed by atoms with Crippen LogP contribution in [0.3, 0.4) is 0 Å². The highest BCUT2D eigenvalue weighted by Gasteiger charge is 2.12. The van der Waals surface area contributed by atoms with Gasteiger partial charge in [0, 0.05) is 6.54 Å². The van der Waals surface area contributed by atoms with E-state index in [2.05, 4.69) is 42.0 Å². The number of hydrogen-bond donors (Lipinski definition) is 6. The Morgan fingerprint density at radius 2 is 1.28 bits per heavy atom. The summed E-state index contributed by atoms with van der Waals surface area (Å²) in [6.45, 7) is 14.3. The third-order valence-electron chi connectivity index (χ3n) is 4.85. The molecule has 0 aliphatic rings. The zero-order chi connectivity index (χ0) is 21.8. The van der Waals surface area contributed by atoms with E-state index in [0.717, 1.165) is 84.3 Å². The zero-order valence-corrected chi connectivity index (χ0v) is 19.5. The van der Waals surface area contributed by atoms with Crippen LogP contribution in [0.4, 0.5) is 0 Å². The van der Waals surface area contributed by atoms with Crippen molar-refractivity contribution in [2.75, 3.05) is 52.4 Å². The van der Waals surface area contributed by atoms with Crippen LogP contribution in [-0.2, 0) is 4.79 Å². The molecule has 1 amide bonds. The molecule has 174 valence electrons. The lowest BCUT2D eigenvalue weighted by molar-refractivity contribution is -0.122. The van der Waals surface area contributed by atoms with Crippen molar-refractivity contribution in [3.05, 3.63) is 0 Å². The molecule has 0 unspecified atom stereocenters. The molecule has 7 nitrogen and oxygen atoms in total. The number of nitrogens with two attached hydrogens (primary N) is 2. The highest BCUT2D eigenvalue weighted by Crippen LogP contribution is 2.16. The fraction of sp³-hybridized carbons (Fsp3) is 0.955. The van der Waals surface area contributed by atoms with Gasteiger partial charge >= 0.3 is 0 Å². The van der Waals surface area contributed by atoms with Gasteiger partial charge in [-0.3, -0.25) is 4.79 Å². The molecule has 0 aliphatic heterocycles. The van der Waals surface area contributed by atoms with Crippen molar-refractivity contribution in [1.29, 1.82) is 0 Å². The molecule has 0 aliphatic carbocycles. The van der Waals surface area contributed by atoms with Gasteiger partial charge in [0.1, 0.15) is 0 Å². The van der Waals surface area contributed by atoms with Crippen LogP contribution in [0, 0.1) is 5.41 Å². The fourth-order valence-electron chi connectivity index (χ4n) is 2.87. The number of rotatable bonds is 20. The van der Waals surface area contributed by atoms with E-state index >= 15 is 0 Å². The van der Waals surface area contributed by atoms with E-state index < -0.39 is 0 Å². The van der Waals surface area contributed by atoms with Crippen LogP contribution in [0.5, 0.6) is 0 Å². The summed E-state index contributed by atoms with van der Waals surface area (Å²) in [7, 11) is 0. The molecule has 0 bridgehead atoms. The molecule has 7 heteroatoms. The molecule has 0 aromatic carbocycles. The van der Waals surface area contributed by atoms with Crippen molar-refractivity contribution < 1.29 is 4.79 Å². The fourth-order valence-corrected chi connectivity index (χ4v) is 2.87. The molecule has 0 saturated heterocycles. The Hall–Kier alpha value is -0.730. The smallest absolute Gasteiger partial charge is 0.236 e. The van der Waals surface area contributed by atoms with Gasteiger partial charge in [0.15, 0.2) is 0 Å². The van der Waals surface area contributed by atoms with E-state index in [9.17, 15) is 4.79 Å². The van der Waals surface area contributed by atoms with Gasteiger partial charge in [-0.1, -0.05) is 27.2 Å². The van der Waals surface area contributed by atoms with Crippen LogP contribution < -0.4 is 32.7 Å². The predicted molar refractivity (Wildman–Crippen MR) is 125 cm³/mol. The van der Waals surface area contributed by atoms with Crippen molar-refractivity contribution in [2.24, 2.45) is 16.9 Å². The average molecular weight is 415 g/mol. The molecule has 0 fully saturated rings. The number of hydrogen-bond acceptors (Lipinski definition) is 6.